The maximum absolute atomic E-state index is 12.2. The van der Waals surface area contributed by atoms with Gasteiger partial charge >= 0.3 is 0 Å². The lowest BCUT2D eigenvalue weighted by Crippen LogP contribution is -2.51. The minimum Gasteiger partial charge on any atom is -0.353 e. The van der Waals surface area contributed by atoms with Crippen molar-refractivity contribution in [1.82, 2.24) is 20.4 Å². The molecule has 2 amide bonds. The predicted octanol–water partition coefficient (Wildman–Crippen LogP) is -0.591. The van der Waals surface area contributed by atoms with Crippen LogP contribution in [0.15, 0.2) is 0 Å². The third-order valence-electron chi connectivity index (χ3n) is 4.10. The highest BCUT2D eigenvalue weighted by Gasteiger charge is 2.24. The van der Waals surface area contributed by atoms with E-state index in [0.717, 1.165) is 52.1 Å². The summed E-state index contributed by atoms with van der Waals surface area (Å²) in [6, 6.07) is 0.241. The van der Waals surface area contributed by atoms with Crippen LogP contribution in [0.1, 0.15) is 26.2 Å². The van der Waals surface area contributed by atoms with Crippen LogP contribution in [-0.4, -0.2) is 73.5 Å². The first-order valence-electron chi connectivity index (χ1n) is 7.69. The Morgan fingerprint density at radius 2 is 1.80 bits per heavy atom. The second-order valence-electron chi connectivity index (χ2n) is 5.60. The van der Waals surface area contributed by atoms with Gasteiger partial charge < -0.3 is 15.5 Å². The molecule has 0 aliphatic carbocycles. The molecule has 2 heterocycles. The van der Waals surface area contributed by atoms with Gasteiger partial charge in [-0.2, -0.15) is 0 Å². The van der Waals surface area contributed by atoms with Crippen molar-refractivity contribution in [3.8, 4) is 0 Å². The van der Waals surface area contributed by atoms with Crippen LogP contribution in [-0.2, 0) is 9.59 Å². The lowest BCUT2D eigenvalue weighted by molar-refractivity contribution is -0.133. The number of hydrogen-bond donors (Lipinski definition) is 2. The summed E-state index contributed by atoms with van der Waals surface area (Å²) in [7, 11) is 0. The van der Waals surface area contributed by atoms with Crippen molar-refractivity contribution in [2.45, 2.75) is 32.2 Å². The molecule has 2 rings (SSSR count). The molecule has 0 aromatic rings. The summed E-state index contributed by atoms with van der Waals surface area (Å²) < 4.78 is 0. The van der Waals surface area contributed by atoms with Crippen LogP contribution < -0.4 is 10.6 Å². The van der Waals surface area contributed by atoms with Crippen molar-refractivity contribution in [2.24, 2.45) is 0 Å². The molecule has 0 atom stereocenters. The average molecular weight is 282 g/mol. The molecule has 0 bridgehead atoms. The van der Waals surface area contributed by atoms with E-state index in [0.29, 0.717) is 13.0 Å². The molecule has 20 heavy (non-hydrogen) atoms. The number of likely N-dealkylation sites (tertiary alicyclic amines) is 1. The second-order valence-corrected chi connectivity index (χ2v) is 5.60. The average Bonchev–Trinajstić information content (AvgIpc) is 2.49. The highest BCUT2D eigenvalue weighted by Crippen LogP contribution is 2.11. The molecule has 0 saturated carbocycles. The highest BCUT2D eigenvalue weighted by molar-refractivity contribution is 5.78. The van der Waals surface area contributed by atoms with Gasteiger partial charge in [0.05, 0.1) is 6.54 Å². The first-order valence-corrected chi connectivity index (χ1v) is 7.69. The van der Waals surface area contributed by atoms with Gasteiger partial charge in [-0.1, -0.05) is 6.92 Å². The first kappa shape index (κ1) is 15.3. The van der Waals surface area contributed by atoms with Crippen LogP contribution in [0.4, 0.5) is 0 Å². The Morgan fingerprint density at radius 1 is 1.15 bits per heavy atom. The van der Waals surface area contributed by atoms with E-state index in [1.807, 2.05) is 11.8 Å². The van der Waals surface area contributed by atoms with E-state index in [9.17, 15) is 9.59 Å². The van der Waals surface area contributed by atoms with Crippen molar-refractivity contribution in [3.63, 3.8) is 0 Å². The zero-order valence-electron chi connectivity index (χ0n) is 12.4. The molecular weight excluding hydrogens is 256 g/mol. The van der Waals surface area contributed by atoms with Crippen LogP contribution in [0.5, 0.6) is 0 Å². The smallest absolute Gasteiger partial charge is 0.236 e. The molecule has 0 aromatic heterocycles. The zero-order valence-corrected chi connectivity index (χ0v) is 12.4. The maximum atomic E-state index is 12.2. The van der Waals surface area contributed by atoms with Crippen LogP contribution in [0.2, 0.25) is 0 Å². The lowest BCUT2D eigenvalue weighted by Gasteiger charge is -2.34. The molecule has 0 unspecified atom stereocenters. The number of hydrogen-bond acceptors (Lipinski definition) is 4. The summed E-state index contributed by atoms with van der Waals surface area (Å²) in [6.45, 7) is 7.77. The summed E-state index contributed by atoms with van der Waals surface area (Å²) >= 11 is 0. The minimum absolute atomic E-state index is 0.107. The Bertz CT molecular complexity index is 334. The SMILES string of the molecule is CCC(=O)NC1CCN(C(=O)CN2CCNCC2)CC1. The second kappa shape index (κ2) is 7.59. The molecule has 0 radical (unpaired) electrons. The zero-order chi connectivity index (χ0) is 14.4. The Labute approximate surface area is 120 Å². The molecule has 2 N–H and O–H groups in total. The Kier molecular flexibility index (Phi) is 5.79. The van der Waals surface area contributed by atoms with Gasteiger partial charge in [0.2, 0.25) is 11.8 Å². The summed E-state index contributed by atoms with van der Waals surface area (Å²) in [5, 5.41) is 6.30. The fraction of sp³-hybridized carbons (Fsp3) is 0.857. The topological polar surface area (TPSA) is 64.7 Å². The van der Waals surface area contributed by atoms with E-state index in [1.54, 1.807) is 0 Å². The third kappa shape index (κ3) is 4.45. The summed E-state index contributed by atoms with van der Waals surface area (Å²) in [5.41, 5.74) is 0. The van der Waals surface area contributed by atoms with Gasteiger partial charge in [-0.05, 0) is 12.8 Å². The number of carbonyl (C=O) groups is 2. The quantitative estimate of drug-likeness (QED) is 0.723. The van der Waals surface area contributed by atoms with Crippen LogP contribution >= 0.6 is 0 Å². The van der Waals surface area contributed by atoms with Gasteiger partial charge in [0.25, 0.3) is 0 Å². The number of rotatable bonds is 4. The molecule has 114 valence electrons. The molecule has 2 fully saturated rings. The largest absolute Gasteiger partial charge is 0.353 e. The highest BCUT2D eigenvalue weighted by atomic mass is 16.2. The van der Waals surface area contributed by atoms with Crippen molar-refractivity contribution < 1.29 is 9.59 Å². The van der Waals surface area contributed by atoms with E-state index >= 15 is 0 Å². The van der Waals surface area contributed by atoms with Gasteiger partial charge in [-0.25, -0.2) is 0 Å². The van der Waals surface area contributed by atoms with Gasteiger partial charge in [0.1, 0.15) is 0 Å². The van der Waals surface area contributed by atoms with E-state index in [4.69, 9.17) is 0 Å². The van der Waals surface area contributed by atoms with Gasteiger partial charge in [0.15, 0.2) is 0 Å². The van der Waals surface area contributed by atoms with Crippen molar-refractivity contribution in [2.75, 3.05) is 45.8 Å². The summed E-state index contributed by atoms with van der Waals surface area (Å²) in [5.74, 6) is 0.336. The molecule has 6 nitrogen and oxygen atoms in total. The van der Waals surface area contributed by atoms with Gasteiger partial charge in [0, 0.05) is 51.7 Å². The normalized spacial score (nSPS) is 21.8. The van der Waals surface area contributed by atoms with Crippen molar-refractivity contribution in [1.29, 1.82) is 0 Å². The van der Waals surface area contributed by atoms with E-state index in [1.165, 1.54) is 0 Å². The molecule has 2 saturated heterocycles. The number of nitrogens with zero attached hydrogens (tertiary/aromatic N) is 2. The van der Waals surface area contributed by atoms with E-state index in [2.05, 4.69) is 15.5 Å². The fourth-order valence-corrected chi connectivity index (χ4v) is 2.76. The number of piperidine rings is 1. The Balaban J connectivity index is 1.69. The predicted molar refractivity (Wildman–Crippen MR) is 77.3 cm³/mol. The number of amides is 2. The summed E-state index contributed by atoms with van der Waals surface area (Å²) in [6.07, 6.45) is 2.28. The standard InChI is InChI=1S/C14H26N4O2/c1-2-13(19)16-12-3-7-18(8-4-12)14(20)11-17-9-5-15-6-10-17/h12,15H,2-11H2,1H3,(H,16,19). The number of nitrogens with one attached hydrogen (secondary N) is 2. The maximum Gasteiger partial charge on any atom is 0.236 e. The van der Waals surface area contributed by atoms with E-state index in [-0.39, 0.29) is 17.9 Å². The molecule has 2 aliphatic rings. The minimum atomic E-state index is 0.107. The molecule has 2 aliphatic heterocycles. The molecule has 6 heteroatoms. The van der Waals surface area contributed by atoms with Crippen molar-refractivity contribution in [3.05, 3.63) is 0 Å². The van der Waals surface area contributed by atoms with Crippen LogP contribution in [0.3, 0.4) is 0 Å². The molecule has 0 spiro atoms. The summed E-state index contributed by atoms with van der Waals surface area (Å²) in [4.78, 5) is 27.7. The number of piperazine rings is 1. The van der Waals surface area contributed by atoms with Crippen LogP contribution in [0, 0.1) is 0 Å². The van der Waals surface area contributed by atoms with E-state index < -0.39 is 0 Å². The number of carbonyl (C=O) groups excluding carboxylic acids is 2. The molecular formula is C14H26N4O2. The first-order chi connectivity index (χ1) is 9.69. The fourth-order valence-electron chi connectivity index (χ4n) is 2.76. The Hall–Kier alpha value is -1.14. The monoisotopic (exact) mass is 282 g/mol. The Morgan fingerprint density at radius 3 is 2.40 bits per heavy atom. The van der Waals surface area contributed by atoms with Crippen LogP contribution in [0.25, 0.3) is 0 Å². The van der Waals surface area contributed by atoms with Gasteiger partial charge in [-0.3, -0.25) is 14.5 Å². The molecule has 0 aromatic carbocycles. The lowest BCUT2D eigenvalue weighted by atomic mass is 10.0. The van der Waals surface area contributed by atoms with Crippen molar-refractivity contribution >= 4 is 11.8 Å². The van der Waals surface area contributed by atoms with Gasteiger partial charge in [-0.15, -0.1) is 0 Å². The third-order valence-corrected chi connectivity index (χ3v) is 4.10.